The molecule has 4 nitrogen and oxygen atoms in total. The van der Waals surface area contributed by atoms with Crippen molar-refractivity contribution in [1.29, 1.82) is 0 Å². The first-order chi connectivity index (χ1) is 9.15. The molecule has 4 heteroatoms. The van der Waals surface area contributed by atoms with Crippen LogP contribution in [0, 0.1) is 13.8 Å². The number of hydrogen-bond donors (Lipinski definition) is 1. The second kappa shape index (κ2) is 4.48. The van der Waals surface area contributed by atoms with Crippen LogP contribution in [0.3, 0.4) is 0 Å². The van der Waals surface area contributed by atoms with Gasteiger partial charge in [-0.05, 0) is 32.0 Å². The number of para-hydroxylation sites is 1. The zero-order chi connectivity index (χ0) is 13.4. The first-order valence-electron chi connectivity index (χ1n) is 6.12. The van der Waals surface area contributed by atoms with E-state index in [1.165, 1.54) is 0 Å². The van der Waals surface area contributed by atoms with E-state index in [0.29, 0.717) is 11.5 Å². The van der Waals surface area contributed by atoms with Crippen molar-refractivity contribution in [3.63, 3.8) is 0 Å². The third-order valence-corrected chi connectivity index (χ3v) is 3.15. The van der Waals surface area contributed by atoms with E-state index in [0.717, 1.165) is 22.2 Å². The highest BCUT2D eigenvalue weighted by Crippen LogP contribution is 2.29. The summed E-state index contributed by atoms with van der Waals surface area (Å²) >= 11 is 0. The van der Waals surface area contributed by atoms with E-state index in [2.05, 4.69) is 10.2 Å². The maximum atomic E-state index is 10.4. The first kappa shape index (κ1) is 11.9. The van der Waals surface area contributed by atoms with Crippen molar-refractivity contribution in [2.24, 2.45) is 0 Å². The third kappa shape index (κ3) is 2.11. The van der Waals surface area contributed by atoms with Gasteiger partial charge in [0.05, 0.1) is 11.4 Å². The van der Waals surface area contributed by atoms with Crippen molar-refractivity contribution >= 4 is 11.0 Å². The van der Waals surface area contributed by atoms with Gasteiger partial charge < -0.3 is 9.52 Å². The van der Waals surface area contributed by atoms with Crippen LogP contribution in [0.4, 0.5) is 0 Å². The summed E-state index contributed by atoms with van der Waals surface area (Å²) in [7, 11) is 0. The second-order valence-corrected chi connectivity index (χ2v) is 4.62. The Morgan fingerprint density at radius 2 is 1.89 bits per heavy atom. The zero-order valence-electron chi connectivity index (χ0n) is 10.8. The predicted octanol–water partition coefficient (Wildman–Crippen LogP) is 2.92. The summed E-state index contributed by atoms with van der Waals surface area (Å²) in [6.45, 7) is 3.68. The molecule has 0 fully saturated rings. The Labute approximate surface area is 110 Å². The number of hydrogen-bond acceptors (Lipinski definition) is 4. The van der Waals surface area contributed by atoms with Crippen LogP contribution in [0.2, 0.25) is 0 Å². The number of fused-ring (bicyclic) bond motifs is 1. The largest absolute Gasteiger partial charge is 0.458 e. The Morgan fingerprint density at radius 3 is 2.68 bits per heavy atom. The topological polar surface area (TPSA) is 59.2 Å². The fourth-order valence-electron chi connectivity index (χ4n) is 2.14. The molecule has 0 radical (unpaired) electrons. The highest BCUT2D eigenvalue weighted by molar-refractivity contribution is 5.77. The van der Waals surface area contributed by atoms with Crippen LogP contribution >= 0.6 is 0 Å². The van der Waals surface area contributed by atoms with Crippen LogP contribution in [0.5, 0.6) is 0 Å². The molecule has 1 atom stereocenters. The molecule has 0 saturated heterocycles. The number of nitrogens with zero attached hydrogens (tertiary/aromatic N) is 2. The molecule has 0 aliphatic heterocycles. The minimum atomic E-state index is -0.818. The van der Waals surface area contributed by atoms with Gasteiger partial charge in [0, 0.05) is 10.9 Å². The van der Waals surface area contributed by atoms with Crippen LogP contribution in [0.15, 0.2) is 40.8 Å². The number of furan rings is 1. The zero-order valence-corrected chi connectivity index (χ0v) is 10.8. The maximum absolute atomic E-state index is 10.4. The maximum Gasteiger partial charge on any atom is 0.139 e. The van der Waals surface area contributed by atoms with E-state index in [-0.39, 0.29) is 0 Å². The summed E-state index contributed by atoms with van der Waals surface area (Å²) in [4.78, 5) is 0. The van der Waals surface area contributed by atoms with Gasteiger partial charge in [-0.15, -0.1) is 0 Å². The molecular formula is C15H14N2O2. The Morgan fingerprint density at radius 1 is 1.11 bits per heavy atom. The van der Waals surface area contributed by atoms with E-state index in [1.807, 2.05) is 50.2 Å². The van der Waals surface area contributed by atoms with E-state index in [9.17, 15) is 5.11 Å². The fraction of sp³-hybridized carbons (Fsp3) is 0.200. The molecule has 2 aromatic heterocycles. The Balaban J connectivity index is 2.07. The first-order valence-corrected chi connectivity index (χ1v) is 6.12. The number of benzene rings is 1. The van der Waals surface area contributed by atoms with Gasteiger partial charge in [0.1, 0.15) is 17.4 Å². The molecular weight excluding hydrogens is 240 g/mol. The van der Waals surface area contributed by atoms with Gasteiger partial charge in [-0.1, -0.05) is 18.2 Å². The van der Waals surface area contributed by atoms with Crippen molar-refractivity contribution < 1.29 is 9.52 Å². The van der Waals surface area contributed by atoms with Crippen LogP contribution in [-0.2, 0) is 0 Å². The Kier molecular flexibility index (Phi) is 2.80. The second-order valence-electron chi connectivity index (χ2n) is 4.62. The van der Waals surface area contributed by atoms with Crippen molar-refractivity contribution in [3.05, 3.63) is 59.1 Å². The Bertz CT molecular complexity index is 701. The molecule has 0 bridgehead atoms. The monoisotopic (exact) mass is 254 g/mol. The van der Waals surface area contributed by atoms with Crippen molar-refractivity contribution in [3.8, 4) is 0 Å². The number of aliphatic hydroxyl groups is 1. The summed E-state index contributed by atoms with van der Waals surface area (Å²) < 4.78 is 5.68. The molecule has 1 N–H and O–H groups in total. The number of rotatable bonds is 2. The lowest BCUT2D eigenvalue weighted by Crippen LogP contribution is -2.04. The molecule has 0 spiro atoms. The van der Waals surface area contributed by atoms with Gasteiger partial charge in [-0.2, -0.15) is 10.2 Å². The van der Waals surface area contributed by atoms with Gasteiger partial charge in [0.15, 0.2) is 0 Å². The number of aryl methyl sites for hydroxylation is 2. The quantitative estimate of drug-likeness (QED) is 0.763. The van der Waals surface area contributed by atoms with Gasteiger partial charge in [-0.25, -0.2) is 0 Å². The molecule has 3 rings (SSSR count). The highest BCUT2D eigenvalue weighted by Gasteiger charge is 2.18. The minimum Gasteiger partial charge on any atom is -0.458 e. The fourth-order valence-corrected chi connectivity index (χ4v) is 2.14. The van der Waals surface area contributed by atoms with Gasteiger partial charge in [0.25, 0.3) is 0 Å². The van der Waals surface area contributed by atoms with Gasteiger partial charge in [0.2, 0.25) is 0 Å². The lowest BCUT2D eigenvalue weighted by Gasteiger charge is -2.10. The molecule has 2 heterocycles. The van der Waals surface area contributed by atoms with Crippen LogP contribution < -0.4 is 0 Å². The lowest BCUT2D eigenvalue weighted by molar-refractivity contribution is 0.190. The number of aromatic nitrogens is 2. The average molecular weight is 254 g/mol. The molecule has 0 aliphatic carbocycles. The van der Waals surface area contributed by atoms with Crippen molar-refractivity contribution in [2.45, 2.75) is 20.0 Å². The van der Waals surface area contributed by atoms with E-state index >= 15 is 0 Å². The van der Waals surface area contributed by atoms with Crippen molar-refractivity contribution in [1.82, 2.24) is 10.2 Å². The molecule has 19 heavy (non-hydrogen) atoms. The normalized spacial score (nSPS) is 12.8. The SMILES string of the molecule is Cc1cc(C(O)c2cc3ccccc3o2)c(C)nn1. The average Bonchev–Trinajstić information content (AvgIpc) is 2.84. The minimum absolute atomic E-state index is 0.525. The van der Waals surface area contributed by atoms with Crippen molar-refractivity contribution in [2.75, 3.05) is 0 Å². The summed E-state index contributed by atoms with van der Waals surface area (Å²) in [5.41, 5.74) is 2.98. The van der Waals surface area contributed by atoms with Crippen LogP contribution in [0.1, 0.15) is 28.8 Å². The summed E-state index contributed by atoms with van der Waals surface area (Å²) in [6.07, 6.45) is -0.818. The lowest BCUT2D eigenvalue weighted by atomic mass is 10.1. The molecule has 0 aliphatic rings. The Hall–Kier alpha value is -2.20. The van der Waals surface area contributed by atoms with E-state index in [4.69, 9.17) is 4.42 Å². The molecule has 96 valence electrons. The smallest absolute Gasteiger partial charge is 0.139 e. The summed E-state index contributed by atoms with van der Waals surface area (Å²) in [5, 5.41) is 19.4. The van der Waals surface area contributed by atoms with Gasteiger partial charge >= 0.3 is 0 Å². The van der Waals surface area contributed by atoms with Crippen LogP contribution in [-0.4, -0.2) is 15.3 Å². The van der Waals surface area contributed by atoms with E-state index < -0.39 is 6.10 Å². The molecule has 1 unspecified atom stereocenters. The summed E-state index contributed by atoms with van der Waals surface area (Å²) in [5.74, 6) is 0.525. The molecule has 3 aromatic rings. The molecule has 0 amide bonds. The van der Waals surface area contributed by atoms with Gasteiger partial charge in [-0.3, -0.25) is 0 Å². The standard InChI is InChI=1S/C15H14N2O2/c1-9-7-12(10(2)17-16-9)15(18)14-8-11-5-3-4-6-13(11)19-14/h3-8,15,18H,1-2H3. The predicted molar refractivity (Wildman–Crippen MR) is 71.8 cm³/mol. The molecule has 1 aromatic carbocycles. The van der Waals surface area contributed by atoms with E-state index in [1.54, 1.807) is 0 Å². The molecule has 0 saturated carbocycles. The number of aliphatic hydroxyl groups excluding tert-OH is 1. The van der Waals surface area contributed by atoms with Crippen LogP contribution in [0.25, 0.3) is 11.0 Å². The third-order valence-electron chi connectivity index (χ3n) is 3.15. The highest BCUT2D eigenvalue weighted by atomic mass is 16.4. The summed E-state index contributed by atoms with van der Waals surface area (Å²) in [6, 6.07) is 11.4.